The molecule has 0 aliphatic rings. The Kier molecular flexibility index (Phi) is 3.81. The van der Waals surface area contributed by atoms with Gasteiger partial charge in [-0.1, -0.05) is 13.8 Å². The van der Waals surface area contributed by atoms with Crippen molar-refractivity contribution in [2.45, 2.75) is 33.6 Å². The van der Waals surface area contributed by atoms with Crippen molar-refractivity contribution in [2.75, 3.05) is 0 Å². The smallest absolute Gasteiger partial charge is 0.166 e. The first-order chi connectivity index (χ1) is 6.69. The van der Waals surface area contributed by atoms with Crippen molar-refractivity contribution >= 4 is 5.78 Å². The molecule has 1 aromatic heterocycles. The summed E-state index contributed by atoms with van der Waals surface area (Å²) >= 11 is 0. The summed E-state index contributed by atoms with van der Waals surface area (Å²) in [6.45, 7) is 6.02. The van der Waals surface area contributed by atoms with Gasteiger partial charge in [0.15, 0.2) is 5.78 Å². The maximum Gasteiger partial charge on any atom is 0.166 e. The van der Waals surface area contributed by atoms with Crippen LogP contribution in [0.4, 0.5) is 0 Å². The number of rotatable bonds is 4. The van der Waals surface area contributed by atoms with E-state index in [9.17, 15) is 4.79 Å². The lowest BCUT2D eigenvalue weighted by Crippen LogP contribution is -2.13. The summed E-state index contributed by atoms with van der Waals surface area (Å²) in [5.41, 5.74) is 1.70. The van der Waals surface area contributed by atoms with Crippen LogP contribution in [0.3, 0.4) is 0 Å². The van der Waals surface area contributed by atoms with Crippen LogP contribution in [0.5, 0.6) is 0 Å². The Balaban J connectivity index is 2.88. The third kappa shape index (κ3) is 2.41. The van der Waals surface area contributed by atoms with Crippen LogP contribution in [0.25, 0.3) is 0 Å². The van der Waals surface area contributed by atoms with Crippen molar-refractivity contribution in [1.82, 2.24) is 4.98 Å². The first kappa shape index (κ1) is 10.9. The van der Waals surface area contributed by atoms with Gasteiger partial charge < -0.3 is 0 Å². The van der Waals surface area contributed by atoms with E-state index in [0.717, 1.165) is 24.1 Å². The molecule has 0 spiro atoms. The van der Waals surface area contributed by atoms with Gasteiger partial charge in [-0.05, 0) is 31.9 Å². The summed E-state index contributed by atoms with van der Waals surface area (Å²) in [5.74, 6) is 0.414. The van der Waals surface area contributed by atoms with Gasteiger partial charge in [-0.3, -0.25) is 9.78 Å². The Labute approximate surface area is 85.4 Å². The van der Waals surface area contributed by atoms with Crippen LogP contribution >= 0.6 is 0 Å². The second-order valence-corrected chi connectivity index (χ2v) is 3.56. The van der Waals surface area contributed by atoms with E-state index in [1.165, 1.54) is 0 Å². The van der Waals surface area contributed by atoms with Crippen LogP contribution < -0.4 is 0 Å². The van der Waals surface area contributed by atoms with Gasteiger partial charge in [0.2, 0.25) is 0 Å². The summed E-state index contributed by atoms with van der Waals surface area (Å²) in [5, 5.41) is 0. The van der Waals surface area contributed by atoms with E-state index in [1.807, 2.05) is 13.0 Å². The molecule has 0 aromatic carbocycles. The number of Topliss-reactive ketones (excluding diaryl/α,β-unsaturated/α-hetero) is 1. The molecule has 0 aliphatic carbocycles. The number of aryl methyl sites for hydroxylation is 1. The number of hydrogen-bond acceptors (Lipinski definition) is 2. The van der Waals surface area contributed by atoms with Crippen molar-refractivity contribution in [1.29, 1.82) is 0 Å². The molecule has 2 nitrogen and oxygen atoms in total. The van der Waals surface area contributed by atoms with Crippen LogP contribution in [0, 0.1) is 12.8 Å². The van der Waals surface area contributed by atoms with E-state index in [4.69, 9.17) is 0 Å². The lowest BCUT2D eigenvalue weighted by molar-refractivity contribution is 0.0913. The summed E-state index contributed by atoms with van der Waals surface area (Å²) in [4.78, 5) is 16.0. The SMILES string of the molecule is CCC(CC)C(=O)c1ccnc(C)c1. The topological polar surface area (TPSA) is 30.0 Å². The standard InChI is InChI=1S/C12H17NO/c1-4-10(5-2)12(14)11-6-7-13-9(3)8-11/h6-8,10H,4-5H2,1-3H3. The third-order valence-corrected chi connectivity index (χ3v) is 2.54. The predicted octanol–water partition coefficient (Wildman–Crippen LogP) is 3.01. The fourth-order valence-corrected chi connectivity index (χ4v) is 1.59. The van der Waals surface area contributed by atoms with Crippen molar-refractivity contribution in [3.05, 3.63) is 29.6 Å². The Morgan fingerprint density at radius 3 is 2.57 bits per heavy atom. The fraction of sp³-hybridized carbons (Fsp3) is 0.500. The van der Waals surface area contributed by atoms with E-state index in [1.54, 1.807) is 12.3 Å². The average Bonchev–Trinajstić information content (AvgIpc) is 2.19. The van der Waals surface area contributed by atoms with Gasteiger partial charge in [-0.2, -0.15) is 0 Å². The highest BCUT2D eigenvalue weighted by Gasteiger charge is 2.15. The van der Waals surface area contributed by atoms with E-state index >= 15 is 0 Å². The molecular weight excluding hydrogens is 174 g/mol. The molecule has 1 aromatic rings. The molecule has 0 saturated heterocycles. The highest BCUT2D eigenvalue weighted by Crippen LogP contribution is 2.15. The molecule has 0 atom stereocenters. The van der Waals surface area contributed by atoms with Gasteiger partial charge in [0, 0.05) is 23.4 Å². The zero-order valence-electron chi connectivity index (χ0n) is 9.08. The second-order valence-electron chi connectivity index (χ2n) is 3.56. The lowest BCUT2D eigenvalue weighted by atomic mass is 9.93. The molecule has 0 N–H and O–H groups in total. The number of nitrogens with zero attached hydrogens (tertiary/aromatic N) is 1. The van der Waals surface area contributed by atoms with Gasteiger partial charge >= 0.3 is 0 Å². The van der Waals surface area contributed by atoms with Crippen LogP contribution in [0.2, 0.25) is 0 Å². The monoisotopic (exact) mass is 191 g/mol. The van der Waals surface area contributed by atoms with Gasteiger partial charge in [-0.15, -0.1) is 0 Å². The zero-order chi connectivity index (χ0) is 10.6. The fourth-order valence-electron chi connectivity index (χ4n) is 1.59. The van der Waals surface area contributed by atoms with Crippen molar-refractivity contribution in [3.63, 3.8) is 0 Å². The zero-order valence-corrected chi connectivity index (χ0v) is 9.08. The molecule has 1 rings (SSSR count). The molecule has 0 fully saturated rings. The number of aromatic nitrogens is 1. The molecule has 2 heteroatoms. The molecule has 1 heterocycles. The number of ketones is 1. The molecular formula is C12H17NO. The Morgan fingerprint density at radius 2 is 2.07 bits per heavy atom. The lowest BCUT2D eigenvalue weighted by Gasteiger charge is -2.10. The molecule has 76 valence electrons. The van der Waals surface area contributed by atoms with Gasteiger partial charge in [0.05, 0.1) is 0 Å². The Bertz CT molecular complexity index is 316. The first-order valence-electron chi connectivity index (χ1n) is 5.15. The van der Waals surface area contributed by atoms with Gasteiger partial charge in [-0.25, -0.2) is 0 Å². The van der Waals surface area contributed by atoms with Crippen molar-refractivity contribution in [2.24, 2.45) is 5.92 Å². The quantitative estimate of drug-likeness (QED) is 0.685. The van der Waals surface area contributed by atoms with Gasteiger partial charge in [0.25, 0.3) is 0 Å². The maximum atomic E-state index is 11.9. The van der Waals surface area contributed by atoms with Crippen LogP contribution in [-0.4, -0.2) is 10.8 Å². The Morgan fingerprint density at radius 1 is 1.43 bits per heavy atom. The predicted molar refractivity (Wildman–Crippen MR) is 57.4 cm³/mol. The van der Waals surface area contributed by atoms with E-state index < -0.39 is 0 Å². The number of pyridine rings is 1. The molecule has 0 aliphatic heterocycles. The highest BCUT2D eigenvalue weighted by atomic mass is 16.1. The summed E-state index contributed by atoms with van der Waals surface area (Å²) in [6, 6.07) is 3.66. The summed E-state index contributed by atoms with van der Waals surface area (Å²) in [6.07, 6.45) is 3.53. The number of carbonyl (C=O) groups excluding carboxylic acids is 1. The molecule has 0 saturated carbocycles. The minimum Gasteiger partial charge on any atom is -0.294 e. The highest BCUT2D eigenvalue weighted by molar-refractivity contribution is 5.97. The third-order valence-electron chi connectivity index (χ3n) is 2.54. The minimum atomic E-state index is 0.164. The van der Waals surface area contributed by atoms with Crippen molar-refractivity contribution in [3.8, 4) is 0 Å². The molecule has 0 amide bonds. The molecule has 0 unspecified atom stereocenters. The number of carbonyl (C=O) groups is 1. The largest absolute Gasteiger partial charge is 0.294 e. The molecule has 14 heavy (non-hydrogen) atoms. The summed E-state index contributed by atoms with van der Waals surface area (Å²) in [7, 11) is 0. The van der Waals surface area contributed by atoms with Crippen LogP contribution in [0.1, 0.15) is 42.7 Å². The summed E-state index contributed by atoms with van der Waals surface area (Å²) < 4.78 is 0. The van der Waals surface area contributed by atoms with Crippen molar-refractivity contribution < 1.29 is 4.79 Å². The Hall–Kier alpha value is -1.18. The first-order valence-corrected chi connectivity index (χ1v) is 5.15. The molecule has 0 radical (unpaired) electrons. The van der Waals surface area contributed by atoms with E-state index in [-0.39, 0.29) is 11.7 Å². The van der Waals surface area contributed by atoms with Gasteiger partial charge in [0.1, 0.15) is 0 Å². The minimum absolute atomic E-state index is 0.164. The van der Waals surface area contributed by atoms with E-state index in [0.29, 0.717) is 0 Å². The second kappa shape index (κ2) is 4.89. The van der Waals surface area contributed by atoms with Crippen LogP contribution in [-0.2, 0) is 0 Å². The maximum absolute atomic E-state index is 11.9. The van der Waals surface area contributed by atoms with E-state index in [2.05, 4.69) is 18.8 Å². The average molecular weight is 191 g/mol. The number of hydrogen-bond donors (Lipinski definition) is 0. The normalized spacial score (nSPS) is 10.6. The molecule has 0 bridgehead atoms. The van der Waals surface area contributed by atoms with Crippen LogP contribution in [0.15, 0.2) is 18.3 Å².